The fraction of sp³-hybridized carbons (Fsp3) is 0.308. The first kappa shape index (κ1) is 12.5. The lowest BCUT2D eigenvalue weighted by atomic mass is 10.1. The third-order valence-electron chi connectivity index (χ3n) is 2.13. The second-order valence-electron chi connectivity index (χ2n) is 4.18. The predicted molar refractivity (Wildman–Crippen MR) is 70.2 cm³/mol. The highest BCUT2D eigenvalue weighted by Crippen LogP contribution is 2.01. The average Bonchev–Trinajstić information content (AvgIpc) is 2.24. The van der Waals surface area contributed by atoms with Crippen LogP contribution in [-0.2, 0) is 0 Å². The normalized spacial score (nSPS) is 13.1. The van der Waals surface area contributed by atoms with Crippen LogP contribution in [0.5, 0.6) is 0 Å². The molecular formula is C13H19N3. The molecular weight excluding hydrogens is 198 g/mol. The van der Waals surface area contributed by atoms with E-state index >= 15 is 0 Å². The van der Waals surface area contributed by atoms with Crippen LogP contribution in [0.3, 0.4) is 0 Å². The summed E-state index contributed by atoms with van der Waals surface area (Å²) in [5, 5.41) is 3.10. The van der Waals surface area contributed by atoms with Gasteiger partial charge in [0.25, 0.3) is 0 Å². The smallest absolute Gasteiger partial charge is 0.120 e. The van der Waals surface area contributed by atoms with Gasteiger partial charge in [0.05, 0.1) is 5.54 Å². The summed E-state index contributed by atoms with van der Waals surface area (Å²) in [6, 6.07) is 10.1. The van der Waals surface area contributed by atoms with Crippen LogP contribution in [0.15, 0.2) is 41.5 Å². The maximum Gasteiger partial charge on any atom is 0.120 e. The minimum Gasteiger partial charge on any atom is -0.349 e. The van der Waals surface area contributed by atoms with Crippen LogP contribution < -0.4 is 11.1 Å². The first-order valence-corrected chi connectivity index (χ1v) is 5.28. The Morgan fingerprint density at radius 1 is 1.31 bits per heavy atom. The van der Waals surface area contributed by atoms with E-state index in [1.807, 2.05) is 56.5 Å². The van der Waals surface area contributed by atoms with Crippen molar-refractivity contribution in [3.8, 4) is 0 Å². The van der Waals surface area contributed by atoms with E-state index in [1.165, 1.54) is 0 Å². The van der Waals surface area contributed by atoms with Crippen molar-refractivity contribution in [3.63, 3.8) is 0 Å². The van der Waals surface area contributed by atoms with Crippen LogP contribution in [0.25, 0.3) is 6.08 Å². The number of benzene rings is 1. The highest BCUT2D eigenvalue weighted by molar-refractivity contribution is 5.91. The molecule has 3 N–H and O–H groups in total. The lowest BCUT2D eigenvalue weighted by molar-refractivity contribution is 0.678. The van der Waals surface area contributed by atoms with E-state index in [0.717, 1.165) is 11.4 Å². The maximum absolute atomic E-state index is 5.94. The van der Waals surface area contributed by atoms with Gasteiger partial charge in [-0.05, 0) is 25.5 Å². The highest BCUT2D eigenvalue weighted by atomic mass is 15.0. The Balaban J connectivity index is 2.61. The van der Waals surface area contributed by atoms with Gasteiger partial charge in [0.1, 0.15) is 5.84 Å². The molecule has 0 aromatic heterocycles. The Morgan fingerprint density at radius 2 is 1.94 bits per heavy atom. The molecule has 0 saturated heterocycles. The van der Waals surface area contributed by atoms with E-state index in [2.05, 4.69) is 10.3 Å². The number of rotatable bonds is 3. The van der Waals surface area contributed by atoms with E-state index in [1.54, 1.807) is 7.05 Å². The quantitative estimate of drug-likeness (QED) is 0.601. The Hall–Kier alpha value is -1.61. The summed E-state index contributed by atoms with van der Waals surface area (Å²) in [5.74, 6) is 0.764. The fourth-order valence-electron chi connectivity index (χ4n) is 1.32. The first-order valence-electron chi connectivity index (χ1n) is 5.28. The predicted octanol–water partition coefficient (Wildman–Crippen LogP) is 2.01. The fourth-order valence-corrected chi connectivity index (χ4v) is 1.32. The van der Waals surface area contributed by atoms with Gasteiger partial charge in [-0.2, -0.15) is 0 Å². The largest absolute Gasteiger partial charge is 0.349 e. The molecule has 0 radical (unpaired) electrons. The summed E-state index contributed by atoms with van der Waals surface area (Å²) in [4.78, 5) is 4.12. The molecule has 1 rings (SSSR count). The van der Waals surface area contributed by atoms with Crippen molar-refractivity contribution in [1.29, 1.82) is 0 Å². The topological polar surface area (TPSA) is 50.4 Å². The van der Waals surface area contributed by atoms with Gasteiger partial charge in [-0.25, -0.2) is 0 Å². The SMILES string of the molecule is CN=C(N/C=C/c1ccccc1)C(C)(C)N. The molecule has 16 heavy (non-hydrogen) atoms. The molecule has 0 spiro atoms. The molecule has 1 aromatic rings. The van der Waals surface area contributed by atoms with Crippen molar-refractivity contribution in [1.82, 2.24) is 5.32 Å². The van der Waals surface area contributed by atoms with Gasteiger partial charge < -0.3 is 11.1 Å². The number of nitrogens with two attached hydrogens (primary N) is 1. The minimum absolute atomic E-state index is 0.449. The number of nitrogens with zero attached hydrogens (tertiary/aromatic N) is 1. The third kappa shape index (κ3) is 3.87. The molecule has 86 valence electrons. The standard InChI is InChI=1S/C13H19N3/c1-13(2,14)12(15-3)16-10-9-11-7-5-4-6-8-11/h4-10H,14H2,1-3H3,(H,15,16)/b10-9+. The van der Waals surface area contributed by atoms with Crippen molar-refractivity contribution in [2.45, 2.75) is 19.4 Å². The Bertz CT molecular complexity index is 372. The summed E-state index contributed by atoms with van der Waals surface area (Å²) >= 11 is 0. The molecule has 0 atom stereocenters. The first-order chi connectivity index (χ1) is 7.54. The van der Waals surface area contributed by atoms with Crippen molar-refractivity contribution in [3.05, 3.63) is 42.1 Å². The summed E-state index contributed by atoms with van der Waals surface area (Å²) < 4.78 is 0. The number of hydrogen-bond acceptors (Lipinski definition) is 2. The van der Waals surface area contributed by atoms with Gasteiger partial charge in [0.15, 0.2) is 0 Å². The number of amidine groups is 1. The van der Waals surface area contributed by atoms with Crippen molar-refractivity contribution in [2.24, 2.45) is 10.7 Å². The molecule has 3 nitrogen and oxygen atoms in total. The molecule has 0 saturated carbocycles. The van der Waals surface area contributed by atoms with Gasteiger partial charge in [0.2, 0.25) is 0 Å². The highest BCUT2D eigenvalue weighted by Gasteiger charge is 2.17. The van der Waals surface area contributed by atoms with Crippen molar-refractivity contribution >= 4 is 11.9 Å². The average molecular weight is 217 g/mol. The van der Waals surface area contributed by atoms with Crippen LogP contribution in [-0.4, -0.2) is 18.4 Å². The molecule has 1 aromatic carbocycles. The second-order valence-corrected chi connectivity index (χ2v) is 4.18. The molecule has 0 heterocycles. The van der Waals surface area contributed by atoms with E-state index in [0.29, 0.717) is 0 Å². The minimum atomic E-state index is -0.449. The number of nitrogens with one attached hydrogen (secondary N) is 1. The van der Waals surface area contributed by atoms with E-state index in [9.17, 15) is 0 Å². The zero-order valence-electron chi connectivity index (χ0n) is 10.1. The number of hydrogen-bond donors (Lipinski definition) is 2. The zero-order valence-corrected chi connectivity index (χ0v) is 10.1. The molecule has 3 heteroatoms. The van der Waals surface area contributed by atoms with Crippen molar-refractivity contribution in [2.75, 3.05) is 7.05 Å². The van der Waals surface area contributed by atoms with Gasteiger partial charge in [0, 0.05) is 13.2 Å². The lowest BCUT2D eigenvalue weighted by Gasteiger charge is -2.20. The molecule has 0 aliphatic heterocycles. The molecule has 0 fully saturated rings. The lowest BCUT2D eigenvalue weighted by Crippen LogP contribution is -2.47. The Kier molecular flexibility index (Phi) is 4.26. The molecule has 0 aliphatic carbocycles. The van der Waals surface area contributed by atoms with Crippen molar-refractivity contribution < 1.29 is 0 Å². The van der Waals surface area contributed by atoms with Gasteiger partial charge in [-0.1, -0.05) is 30.3 Å². The zero-order chi connectivity index (χ0) is 12.0. The van der Waals surface area contributed by atoms with Gasteiger partial charge >= 0.3 is 0 Å². The van der Waals surface area contributed by atoms with Crippen LogP contribution in [0.1, 0.15) is 19.4 Å². The van der Waals surface area contributed by atoms with Crippen LogP contribution in [0.2, 0.25) is 0 Å². The van der Waals surface area contributed by atoms with Gasteiger partial charge in [-0.15, -0.1) is 0 Å². The summed E-state index contributed by atoms with van der Waals surface area (Å²) in [6.07, 6.45) is 3.84. The molecule has 0 amide bonds. The van der Waals surface area contributed by atoms with E-state index in [4.69, 9.17) is 5.73 Å². The molecule has 0 aliphatic rings. The summed E-state index contributed by atoms with van der Waals surface area (Å²) in [5.41, 5.74) is 6.63. The molecule has 0 unspecified atom stereocenters. The van der Waals surface area contributed by atoms with E-state index < -0.39 is 5.54 Å². The summed E-state index contributed by atoms with van der Waals surface area (Å²) in [7, 11) is 1.73. The van der Waals surface area contributed by atoms with Crippen LogP contribution in [0.4, 0.5) is 0 Å². The van der Waals surface area contributed by atoms with E-state index in [-0.39, 0.29) is 0 Å². The summed E-state index contributed by atoms with van der Waals surface area (Å²) in [6.45, 7) is 3.83. The Labute approximate surface area is 97.1 Å². The monoisotopic (exact) mass is 217 g/mol. The van der Waals surface area contributed by atoms with Gasteiger partial charge in [-0.3, -0.25) is 4.99 Å². The Morgan fingerprint density at radius 3 is 2.44 bits per heavy atom. The molecule has 0 bridgehead atoms. The maximum atomic E-state index is 5.94. The van der Waals surface area contributed by atoms with Crippen LogP contribution in [0, 0.1) is 0 Å². The van der Waals surface area contributed by atoms with Crippen LogP contribution >= 0.6 is 0 Å². The third-order valence-corrected chi connectivity index (χ3v) is 2.13. The number of aliphatic imine (C=N–C) groups is 1. The second kappa shape index (κ2) is 5.47.